The number of benzene rings is 1. The van der Waals surface area contributed by atoms with Crippen molar-refractivity contribution in [3.63, 3.8) is 0 Å². The van der Waals surface area contributed by atoms with Gasteiger partial charge in [0.15, 0.2) is 5.82 Å². The van der Waals surface area contributed by atoms with E-state index in [2.05, 4.69) is 60.5 Å². The van der Waals surface area contributed by atoms with Crippen LogP contribution in [0.2, 0.25) is 0 Å². The molecular formula is C17H23N3O. The predicted molar refractivity (Wildman–Crippen MR) is 82.1 cm³/mol. The molecule has 1 aliphatic rings. The molecule has 1 unspecified atom stereocenters. The average Bonchev–Trinajstić information content (AvgIpc) is 2.92. The Balaban J connectivity index is 1.78. The molecule has 2 aromatic rings. The standard InChI is InChI=1S/C17H23N3O/c1-17(2,3)18-11-15-19-16(20-21-15)14-10-6-8-12-7-4-5-9-13(12)14/h4-5,7,9,14,18H,6,8,10-11H2,1-3H3. The Morgan fingerprint density at radius 1 is 1.29 bits per heavy atom. The molecule has 0 radical (unpaired) electrons. The summed E-state index contributed by atoms with van der Waals surface area (Å²) in [5, 5.41) is 7.59. The summed E-state index contributed by atoms with van der Waals surface area (Å²) in [6.45, 7) is 7.00. The zero-order valence-electron chi connectivity index (χ0n) is 13.0. The van der Waals surface area contributed by atoms with Gasteiger partial charge in [-0.25, -0.2) is 0 Å². The summed E-state index contributed by atoms with van der Waals surface area (Å²) in [5.74, 6) is 1.78. The SMILES string of the molecule is CC(C)(C)NCc1nc(C2CCCc3ccccc32)no1. The van der Waals surface area contributed by atoms with Gasteiger partial charge < -0.3 is 9.84 Å². The minimum Gasteiger partial charge on any atom is -0.338 e. The van der Waals surface area contributed by atoms with Crippen LogP contribution in [0, 0.1) is 0 Å². The van der Waals surface area contributed by atoms with Crippen LogP contribution in [0.3, 0.4) is 0 Å². The van der Waals surface area contributed by atoms with Gasteiger partial charge in [0.2, 0.25) is 5.89 Å². The minimum absolute atomic E-state index is 0.0477. The first-order valence-corrected chi connectivity index (χ1v) is 7.68. The average molecular weight is 285 g/mol. The van der Waals surface area contributed by atoms with Gasteiger partial charge in [-0.15, -0.1) is 0 Å². The highest BCUT2D eigenvalue weighted by Crippen LogP contribution is 2.35. The molecule has 1 N–H and O–H groups in total. The van der Waals surface area contributed by atoms with Gasteiger partial charge in [0.05, 0.1) is 6.54 Å². The second-order valence-corrected chi connectivity index (χ2v) is 6.79. The van der Waals surface area contributed by atoms with Crippen LogP contribution in [0.15, 0.2) is 28.8 Å². The predicted octanol–water partition coefficient (Wildman–Crippen LogP) is 3.43. The lowest BCUT2D eigenvalue weighted by Crippen LogP contribution is -2.35. The van der Waals surface area contributed by atoms with Crippen LogP contribution in [0.1, 0.15) is 62.4 Å². The number of fused-ring (bicyclic) bond motifs is 1. The minimum atomic E-state index is 0.0477. The third-order valence-corrected chi connectivity index (χ3v) is 3.93. The molecule has 1 atom stereocenters. The summed E-state index contributed by atoms with van der Waals surface area (Å²) in [7, 11) is 0. The quantitative estimate of drug-likeness (QED) is 0.938. The van der Waals surface area contributed by atoms with Gasteiger partial charge in [-0.2, -0.15) is 4.98 Å². The summed E-state index contributed by atoms with van der Waals surface area (Å²) in [6.07, 6.45) is 3.44. The maximum Gasteiger partial charge on any atom is 0.240 e. The molecule has 4 heteroatoms. The van der Waals surface area contributed by atoms with Gasteiger partial charge in [-0.05, 0) is 51.2 Å². The number of nitrogens with one attached hydrogen (secondary N) is 1. The fourth-order valence-corrected chi connectivity index (χ4v) is 2.84. The Labute approximate surface area is 126 Å². The lowest BCUT2D eigenvalue weighted by molar-refractivity contribution is 0.332. The topological polar surface area (TPSA) is 51.0 Å². The number of aryl methyl sites for hydroxylation is 1. The highest BCUT2D eigenvalue weighted by Gasteiger charge is 2.25. The summed E-state index contributed by atoms with van der Waals surface area (Å²) >= 11 is 0. The van der Waals surface area contributed by atoms with Crippen molar-refractivity contribution >= 4 is 0 Å². The third kappa shape index (κ3) is 3.32. The number of nitrogens with zero attached hydrogens (tertiary/aromatic N) is 2. The summed E-state index contributed by atoms with van der Waals surface area (Å²) in [4.78, 5) is 4.60. The fourth-order valence-electron chi connectivity index (χ4n) is 2.84. The molecule has 1 aliphatic carbocycles. The first kappa shape index (κ1) is 14.3. The summed E-state index contributed by atoms with van der Waals surface area (Å²) in [5.41, 5.74) is 2.83. The van der Waals surface area contributed by atoms with Crippen molar-refractivity contribution in [1.82, 2.24) is 15.5 Å². The van der Waals surface area contributed by atoms with Gasteiger partial charge in [-0.3, -0.25) is 0 Å². The molecule has 1 aromatic carbocycles. The molecule has 112 valence electrons. The summed E-state index contributed by atoms with van der Waals surface area (Å²) < 4.78 is 5.40. The molecule has 0 aliphatic heterocycles. The van der Waals surface area contributed by atoms with Crippen LogP contribution in [-0.4, -0.2) is 15.7 Å². The summed E-state index contributed by atoms with van der Waals surface area (Å²) in [6, 6.07) is 8.61. The van der Waals surface area contributed by atoms with E-state index in [-0.39, 0.29) is 11.5 Å². The second-order valence-electron chi connectivity index (χ2n) is 6.79. The molecule has 0 fully saturated rings. The molecule has 3 rings (SSSR count). The van der Waals surface area contributed by atoms with Crippen molar-refractivity contribution in [1.29, 1.82) is 0 Å². The molecule has 0 saturated heterocycles. The van der Waals surface area contributed by atoms with Crippen molar-refractivity contribution in [2.75, 3.05) is 0 Å². The lowest BCUT2D eigenvalue weighted by atomic mass is 9.82. The van der Waals surface area contributed by atoms with E-state index in [1.807, 2.05) is 0 Å². The van der Waals surface area contributed by atoms with Gasteiger partial charge in [-0.1, -0.05) is 29.4 Å². The maximum atomic E-state index is 5.40. The van der Waals surface area contributed by atoms with Crippen LogP contribution in [0.5, 0.6) is 0 Å². The molecular weight excluding hydrogens is 262 g/mol. The zero-order chi connectivity index (χ0) is 14.9. The van der Waals surface area contributed by atoms with E-state index in [4.69, 9.17) is 4.52 Å². The van der Waals surface area contributed by atoms with E-state index in [0.29, 0.717) is 12.4 Å². The van der Waals surface area contributed by atoms with Gasteiger partial charge in [0, 0.05) is 11.5 Å². The van der Waals surface area contributed by atoms with Crippen molar-refractivity contribution < 1.29 is 4.52 Å². The Kier molecular flexibility index (Phi) is 3.81. The third-order valence-electron chi connectivity index (χ3n) is 3.93. The number of hydrogen-bond acceptors (Lipinski definition) is 4. The van der Waals surface area contributed by atoms with E-state index >= 15 is 0 Å². The van der Waals surface area contributed by atoms with Crippen molar-refractivity contribution in [2.24, 2.45) is 0 Å². The molecule has 1 heterocycles. The Hall–Kier alpha value is -1.68. The van der Waals surface area contributed by atoms with Crippen LogP contribution >= 0.6 is 0 Å². The van der Waals surface area contributed by atoms with Crippen LogP contribution in [-0.2, 0) is 13.0 Å². The van der Waals surface area contributed by atoms with Crippen molar-refractivity contribution in [3.05, 3.63) is 47.1 Å². The van der Waals surface area contributed by atoms with Crippen LogP contribution < -0.4 is 5.32 Å². The largest absolute Gasteiger partial charge is 0.338 e. The number of hydrogen-bond donors (Lipinski definition) is 1. The van der Waals surface area contributed by atoms with Crippen molar-refractivity contribution in [2.45, 2.75) is 58.0 Å². The fraction of sp³-hybridized carbons (Fsp3) is 0.529. The zero-order valence-corrected chi connectivity index (χ0v) is 13.0. The van der Waals surface area contributed by atoms with Gasteiger partial charge in [0.25, 0.3) is 0 Å². The van der Waals surface area contributed by atoms with E-state index in [9.17, 15) is 0 Å². The molecule has 21 heavy (non-hydrogen) atoms. The normalized spacial score (nSPS) is 18.5. The first-order chi connectivity index (χ1) is 10.0. The monoisotopic (exact) mass is 285 g/mol. The molecule has 4 nitrogen and oxygen atoms in total. The number of aromatic nitrogens is 2. The highest BCUT2D eigenvalue weighted by molar-refractivity contribution is 5.36. The van der Waals surface area contributed by atoms with Crippen LogP contribution in [0.25, 0.3) is 0 Å². The van der Waals surface area contributed by atoms with E-state index in [1.54, 1.807) is 0 Å². The van der Waals surface area contributed by atoms with Crippen LogP contribution in [0.4, 0.5) is 0 Å². The maximum absolute atomic E-state index is 5.40. The van der Waals surface area contributed by atoms with Gasteiger partial charge in [0.1, 0.15) is 0 Å². The molecule has 0 amide bonds. The Morgan fingerprint density at radius 3 is 2.90 bits per heavy atom. The van der Waals surface area contributed by atoms with Gasteiger partial charge >= 0.3 is 0 Å². The van der Waals surface area contributed by atoms with E-state index < -0.39 is 0 Å². The van der Waals surface area contributed by atoms with E-state index in [1.165, 1.54) is 17.5 Å². The first-order valence-electron chi connectivity index (χ1n) is 7.68. The van der Waals surface area contributed by atoms with E-state index in [0.717, 1.165) is 18.7 Å². The smallest absolute Gasteiger partial charge is 0.240 e. The molecule has 0 spiro atoms. The molecule has 0 saturated carbocycles. The molecule has 1 aromatic heterocycles. The van der Waals surface area contributed by atoms with Crippen molar-refractivity contribution in [3.8, 4) is 0 Å². The highest BCUT2D eigenvalue weighted by atomic mass is 16.5. The Morgan fingerprint density at radius 2 is 2.10 bits per heavy atom. The second kappa shape index (κ2) is 5.60. The molecule has 0 bridgehead atoms. The lowest BCUT2D eigenvalue weighted by Gasteiger charge is -2.22. The number of rotatable bonds is 3. The Bertz CT molecular complexity index is 612.